The van der Waals surface area contributed by atoms with Crippen LogP contribution in [0.2, 0.25) is 15.1 Å². The molecule has 88 valence electrons. The number of hydrogen-bond donors (Lipinski definition) is 1. The maximum atomic E-state index is 11.8. The van der Waals surface area contributed by atoms with E-state index in [1.54, 1.807) is 18.2 Å². The first kappa shape index (κ1) is 12.5. The molecule has 0 saturated heterocycles. The molecule has 1 aromatic carbocycles. The van der Waals surface area contributed by atoms with Gasteiger partial charge in [0.05, 0.1) is 15.1 Å². The fourth-order valence-corrected chi connectivity index (χ4v) is 2.11. The third-order valence-corrected chi connectivity index (χ3v) is 3.55. The molecule has 0 bridgehead atoms. The smallest absolute Gasteiger partial charge is 0.256 e. The largest absolute Gasteiger partial charge is 0.326 e. The lowest BCUT2D eigenvalue weighted by atomic mass is 10.1. The van der Waals surface area contributed by atoms with Gasteiger partial charge in [0, 0.05) is 11.3 Å². The third kappa shape index (κ3) is 2.49. The summed E-state index contributed by atoms with van der Waals surface area (Å²) >= 11 is 17.7. The van der Waals surface area contributed by atoms with Gasteiger partial charge in [-0.2, -0.15) is 0 Å². The normalized spacial score (nSPS) is 10.6. The third-order valence-electron chi connectivity index (χ3n) is 2.35. The summed E-state index contributed by atoms with van der Waals surface area (Å²) in [6.45, 7) is 1.81. The molecule has 0 aliphatic heterocycles. The predicted octanol–water partition coefficient (Wildman–Crippen LogP) is 4.31. The van der Waals surface area contributed by atoms with Crippen LogP contribution >= 0.6 is 34.8 Å². The Morgan fingerprint density at radius 1 is 1.06 bits per heavy atom. The minimum atomic E-state index is -0.181. The molecule has 0 aliphatic rings. The predicted molar refractivity (Wildman–Crippen MR) is 72.3 cm³/mol. The minimum absolute atomic E-state index is 0.181. The van der Waals surface area contributed by atoms with Gasteiger partial charge in [-0.1, -0.05) is 34.8 Å². The number of nitrogens with one attached hydrogen (secondary N) is 1. The van der Waals surface area contributed by atoms with Crippen LogP contribution in [0.3, 0.4) is 0 Å². The molecule has 0 amide bonds. The molecule has 0 saturated carbocycles. The van der Waals surface area contributed by atoms with E-state index < -0.39 is 0 Å². The highest BCUT2D eigenvalue weighted by Crippen LogP contribution is 2.34. The summed E-state index contributed by atoms with van der Waals surface area (Å²) in [5, 5.41) is 0.948. The molecular formula is C12H8Cl3NO. The highest BCUT2D eigenvalue weighted by atomic mass is 35.5. The quantitative estimate of drug-likeness (QED) is 0.779. The molecule has 0 radical (unpaired) electrons. The number of pyridine rings is 1. The van der Waals surface area contributed by atoms with E-state index >= 15 is 0 Å². The van der Waals surface area contributed by atoms with Gasteiger partial charge in [0.25, 0.3) is 5.56 Å². The highest BCUT2D eigenvalue weighted by Gasteiger charge is 2.09. The van der Waals surface area contributed by atoms with Crippen molar-refractivity contribution in [1.82, 2.24) is 4.98 Å². The molecule has 2 aromatic rings. The van der Waals surface area contributed by atoms with Gasteiger partial charge in [-0.25, -0.2) is 0 Å². The van der Waals surface area contributed by atoms with Crippen molar-refractivity contribution in [3.63, 3.8) is 0 Å². The van der Waals surface area contributed by atoms with Crippen molar-refractivity contribution in [2.75, 3.05) is 0 Å². The van der Waals surface area contributed by atoms with E-state index in [1.807, 2.05) is 13.0 Å². The number of hydrogen-bond acceptors (Lipinski definition) is 1. The first-order valence-electron chi connectivity index (χ1n) is 4.84. The Morgan fingerprint density at radius 2 is 1.65 bits per heavy atom. The number of aromatic nitrogens is 1. The summed E-state index contributed by atoms with van der Waals surface area (Å²) in [4.78, 5) is 14.5. The molecule has 5 heteroatoms. The van der Waals surface area contributed by atoms with Crippen LogP contribution < -0.4 is 5.56 Å². The average Bonchev–Trinajstić information content (AvgIpc) is 2.25. The maximum absolute atomic E-state index is 11.8. The Labute approximate surface area is 113 Å². The Balaban J connectivity index is 2.65. The summed E-state index contributed by atoms with van der Waals surface area (Å²) in [6, 6.07) is 6.78. The number of halogens is 3. The summed E-state index contributed by atoms with van der Waals surface area (Å²) in [7, 11) is 0. The van der Waals surface area contributed by atoms with Gasteiger partial charge < -0.3 is 4.98 Å². The summed E-state index contributed by atoms with van der Waals surface area (Å²) in [5.74, 6) is 0. The standard InChI is InChI=1S/C12H8Cl3NO/c1-6-2-3-8(12(17)16-6)7-4-9(13)11(15)10(14)5-7/h2-5H,1H3,(H,16,17). The second kappa shape index (κ2) is 4.73. The fourth-order valence-electron chi connectivity index (χ4n) is 1.51. The second-order valence-electron chi connectivity index (χ2n) is 3.64. The van der Waals surface area contributed by atoms with Gasteiger partial charge in [-0.3, -0.25) is 4.79 Å². The average molecular weight is 289 g/mol. The molecular weight excluding hydrogens is 280 g/mol. The summed E-state index contributed by atoms with van der Waals surface area (Å²) in [5.41, 5.74) is 1.77. The molecule has 0 fully saturated rings. The van der Waals surface area contributed by atoms with Gasteiger partial charge in [0.1, 0.15) is 0 Å². The van der Waals surface area contributed by atoms with Crippen molar-refractivity contribution in [3.05, 3.63) is 55.4 Å². The molecule has 0 atom stereocenters. The van der Waals surface area contributed by atoms with E-state index in [-0.39, 0.29) is 5.56 Å². The van der Waals surface area contributed by atoms with E-state index in [1.165, 1.54) is 0 Å². The molecule has 2 rings (SSSR count). The Morgan fingerprint density at radius 3 is 2.18 bits per heavy atom. The van der Waals surface area contributed by atoms with E-state index in [9.17, 15) is 4.79 Å². The van der Waals surface area contributed by atoms with Crippen LogP contribution in [0.1, 0.15) is 5.69 Å². The Bertz CT molecular complexity index is 611. The van der Waals surface area contributed by atoms with Crippen molar-refractivity contribution in [3.8, 4) is 11.1 Å². The minimum Gasteiger partial charge on any atom is -0.326 e. The van der Waals surface area contributed by atoms with Crippen molar-refractivity contribution in [1.29, 1.82) is 0 Å². The van der Waals surface area contributed by atoms with E-state index in [0.717, 1.165) is 5.69 Å². The monoisotopic (exact) mass is 287 g/mol. The number of H-pyrrole nitrogens is 1. The Hall–Kier alpha value is -0.960. The summed E-state index contributed by atoms with van der Waals surface area (Å²) < 4.78 is 0. The van der Waals surface area contributed by atoms with Crippen LogP contribution in [0.4, 0.5) is 0 Å². The van der Waals surface area contributed by atoms with Crippen LogP contribution in [0, 0.1) is 6.92 Å². The summed E-state index contributed by atoms with van der Waals surface area (Å²) in [6.07, 6.45) is 0. The molecule has 0 aliphatic carbocycles. The first-order valence-corrected chi connectivity index (χ1v) is 5.97. The van der Waals surface area contributed by atoms with Gasteiger partial charge in [-0.15, -0.1) is 0 Å². The lowest BCUT2D eigenvalue weighted by Gasteiger charge is -2.05. The van der Waals surface area contributed by atoms with E-state index in [0.29, 0.717) is 26.2 Å². The Kier molecular flexibility index (Phi) is 3.48. The second-order valence-corrected chi connectivity index (χ2v) is 4.83. The lowest BCUT2D eigenvalue weighted by molar-refractivity contribution is 1.15. The molecule has 17 heavy (non-hydrogen) atoms. The number of aromatic amines is 1. The van der Waals surface area contributed by atoms with E-state index in [4.69, 9.17) is 34.8 Å². The number of rotatable bonds is 1. The molecule has 1 heterocycles. The van der Waals surface area contributed by atoms with Gasteiger partial charge >= 0.3 is 0 Å². The van der Waals surface area contributed by atoms with Crippen molar-refractivity contribution < 1.29 is 0 Å². The van der Waals surface area contributed by atoms with Crippen LogP contribution in [0.5, 0.6) is 0 Å². The fraction of sp³-hybridized carbons (Fsp3) is 0.0833. The molecule has 1 aromatic heterocycles. The first-order chi connectivity index (χ1) is 7.99. The van der Waals surface area contributed by atoms with Crippen LogP contribution in [-0.4, -0.2) is 4.98 Å². The maximum Gasteiger partial charge on any atom is 0.256 e. The topological polar surface area (TPSA) is 32.9 Å². The molecule has 2 nitrogen and oxygen atoms in total. The zero-order valence-corrected chi connectivity index (χ0v) is 11.1. The van der Waals surface area contributed by atoms with Crippen molar-refractivity contribution >= 4 is 34.8 Å². The highest BCUT2D eigenvalue weighted by molar-refractivity contribution is 6.48. The molecule has 0 spiro atoms. The SMILES string of the molecule is Cc1ccc(-c2cc(Cl)c(Cl)c(Cl)c2)c(=O)[nH]1. The van der Waals surface area contributed by atoms with E-state index in [2.05, 4.69) is 4.98 Å². The molecule has 1 N–H and O–H groups in total. The van der Waals surface area contributed by atoms with Crippen LogP contribution in [-0.2, 0) is 0 Å². The number of benzene rings is 1. The zero-order chi connectivity index (χ0) is 12.6. The zero-order valence-electron chi connectivity index (χ0n) is 8.85. The van der Waals surface area contributed by atoms with Crippen molar-refractivity contribution in [2.24, 2.45) is 0 Å². The van der Waals surface area contributed by atoms with Gasteiger partial charge in [0.15, 0.2) is 0 Å². The van der Waals surface area contributed by atoms with Gasteiger partial charge in [0.2, 0.25) is 0 Å². The van der Waals surface area contributed by atoms with Crippen molar-refractivity contribution in [2.45, 2.75) is 6.92 Å². The number of aryl methyl sites for hydroxylation is 1. The van der Waals surface area contributed by atoms with Crippen LogP contribution in [0.25, 0.3) is 11.1 Å². The van der Waals surface area contributed by atoms with Crippen LogP contribution in [0.15, 0.2) is 29.1 Å². The lowest BCUT2D eigenvalue weighted by Crippen LogP contribution is -2.09. The van der Waals surface area contributed by atoms with Gasteiger partial charge in [-0.05, 0) is 36.8 Å². The molecule has 0 unspecified atom stereocenters.